The molecule has 1 amide bonds. The van der Waals surface area contributed by atoms with Gasteiger partial charge < -0.3 is 5.32 Å². The number of nitrogens with one attached hydrogen (secondary N) is 1. The first kappa shape index (κ1) is 36.4. The lowest BCUT2D eigenvalue weighted by molar-refractivity contribution is -0.116. The Kier molecular flexibility index (Phi) is 16.9. The molecule has 0 saturated heterocycles. The normalized spacial score (nSPS) is 18.6. The average Bonchev–Trinajstić information content (AvgIpc) is 2.94. The Morgan fingerprint density at radius 2 is 1.26 bits per heavy atom. The molecule has 0 unspecified atom stereocenters. The van der Waals surface area contributed by atoms with Gasteiger partial charge in [-0.05, 0) is 83.8 Å². The zero-order valence-electron chi connectivity index (χ0n) is 28.0. The van der Waals surface area contributed by atoms with Gasteiger partial charge >= 0.3 is 0 Å². The fourth-order valence-corrected chi connectivity index (χ4v) is 4.60. The quantitative estimate of drug-likeness (QED) is 0.175. The van der Waals surface area contributed by atoms with Crippen molar-refractivity contribution in [2.45, 2.75) is 88.0 Å². The minimum absolute atomic E-state index is 0.0605. The molecule has 42 heavy (non-hydrogen) atoms. The summed E-state index contributed by atoms with van der Waals surface area (Å²) in [6.45, 7) is 19.4. The number of carbonyl (C=O) groups excluding carboxylic acids is 1. The molecule has 2 heteroatoms. The second-order valence-electron chi connectivity index (χ2n) is 11.9. The maximum atomic E-state index is 11.6. The Bertz CT molecular complexity index is 1290. The van der Waals surface area contributed by atoms with E-state index in [1.807, 2.05) is 25.2 Å². The first-order valence-electron chi connectivity index (χ1n) is 15.3. The van der Waals surface area contributed by atoms with Crippen LogP contribution in [0.5, 0.6) is 0 Å². The molecule has 1 N–H and O–H groups in total. The number of likely N-dealkylation sites (N-methyl/N-ethyl adjacent to an activating group) is 1. The molecule has 0 atom stereocenters. The van der Waals surface area contributed by atoms with Gasteiger partial charge in [0.1, 0.15) is 0 Å². The zero-order valence-corrected chi connectivity index (χ0v) is 28.0. The van der Waals surface area contributed by atoms with Crippen molar-refractivity contribution in [3.8, 4) is 0 Å². The van der Waals surface area contributed by atoms with E-state index in [0.29, 0.717) is 5.57 Å². The van der Waals surface area contributed by atoms with Crippen molar-refractivity contribution in [1.82, 2.24) is 5.32 Å². The Morgan fingerprint density at radius 3 is 1.81 bits per heavy atom. The van der Waals surface area contributed by atoms with E-state index >= 15 is 0 Å². The van der Waals surface area contributed by atoms with Crippen LogP contribution >= 0.6 is 0 Å². The second-order valence-corrected chi connectivity index (χ2v) is 11.9. The van der Waals surface area contributed by atoms with Crippen molar-refractivity contribution in [2.24, 2.45) is 5.41 Å². The average molecular weight is 566 g/mol. The third-order valence-electron chi connectivity index (χ3n) is 7.42. The molecule has 1 aliphatic carbocycles. The highest BCUT2D eigenvalue weighted by Crippen LogP contribution is 2.40. The van der Waals surface area contributed by atoms with Gasteiger partial charge in [0.05, 0.1) is 0 Å². The smallest absolute Gasteiger partial charge is 0.246 e. The molecule has 226 valence electrons. The molecule has 2 nitrogen and oxygen atoms in total. The topological polar surface area (TPSA) is 29.1 Å². The van der Waals surface area contributed by atoms with Gasteiger partial charge in [-0.15, -0.1) is 0 Å². The van der Waals surface area contributed by atoms with Gasteiger partial charge in [-0.1, -0.05) is 146 Å². The van der Waals surface area contributed by atoms with Crippen LogP contribution in [0.4, 0.5) is 0 Å². The maximum Gasteiger partial charge on any atom is 0.246 e. The molecule has 0 saturated carbocycles. The van der Waals surface area contributed by atoms with Gasteiger partial charge in [-0.3, -0.25) is 4.79 Å². The van der Waals surface area contributed by atoms with Gasteiger partial charge in [0.2, 0.25) is 5.91 Å². The number of allylic oxidation sites excluding steroid dienone is 23. The predicted octanol–water partition coefficient (Wildman–Crippen LogP) is 11.1. The molecule has 0 radical (unpaired) electrons. The molecule has 0 bridgehead atoms. The Morgan fingerprint density at radius 1 is 0.738 bits per heavy atom. The van der Waals surface area contributed by atoms with Gasteiger partial charge in [0, 0.05) is 12.6 Å². The summed E-state index contributed by atoms with van der Waals surface area (Å²) in [6.07, 6.45) is 38.6. The molecule has 0 fully saturated rings. The van der Waals surface area contributed by atoms with Crippen molar-refractivity contribution in [1.29, 1.82) is 0 Å². The van der Waals surface area contributed by atoms with E-state index in [-0.39, 0.29) is 11.3 Å². The maximum absolute atomic E-state index is 11.6. The Balaban J connectivity index is 2.69. The summed E-state index contributed by atoms with van der Waals surface area (Å²) in [4.78, 5) is 11.6. The third kappa shape index (κ3) is 14.8. The molecule has 0 aliphatic heterocycles. The SMILES string of the molecule is CCC(/C=C/C1=C(C)CCCC1(C)C)=C\C=C\C(C)=C\C=C\C=C(C)\C=C\C=C(C)\C=C\C(C)=C\C=C(/C)C(=O)NC. The van der Waals surface area contributed by atoms with Crippen molar-refractivity contribution in [2.75, 3.05) is 7.05 Å². The summed E-state index contributed by atoms with van der Waals surface area (Å²) < 4.78 is 0. The Labute approximate surface area is 257 Å². The van der Waals surface area contributed by atoms with Crippen LogP contribution in [-0.4, -0.2) is 13.0 Å². The van der Waals surface area contributed by atoms with E-state index < -0.39 is 0 Å². The van der Waals surface area contributed by atoms with Crippen LogP contribution in [0.15, 0.2) is 142 Å². The van der Waals surface area contributed by atoms with Crippen LogP contribution in [0.3, 0.4) is 0 Å². The zero-order chi connectivity index (χ0) is 31.5. The summed E-state index contributed by atoms with van der Waals surface area (Å²) in [5.74, 6) is -0.0605. The number of rotatable bonds is 13. The summed E-state index contributed by atoms with van der Waals surface area (Å²) in [7, 11) is 1.64. The van der Waals surface area contributed by atoms with E-state index in [1.54, 1.807) is 19.5 Å². The molecule has 0 aromatic carbocycles. The summed E-state index contributed by atoms with van der Waals surface area (Å²) in [6, 6.07) is 0. The molecular formula is C40H55NO. The van der Waals surface area contributed by atoms with Gasteiger partial charge in [-0.2, -0.15) is 0 Å². The van der Waals surface area contributed by atoms with Crippen molar-refractivity contribution >= 4 is 5.91 Å². The first-order chi connectivity index (χ1) is 19.9. The van der Waals surface area contributed by atoms with Crippen molar-refractivity contribution in [3.05, 3.63) is 142 Å². The van der Waals surface area contributed by atoms with E-state index in [4.69, 9.17) is 0 Å². The minimum Gasteiger partial charge on any atom is -0.355 e. The highest BCUT2D eigenvalue weighted by Gasteiger charge is 2.26. The molecule has 0 spiro atoms. The van der Waals surface area contributed by atoms with Crippen LogP contribution in [0.2, 0.25) is 0 Å². The molecule has 1 rings (SSSR count). The van der Waals surface area contributed by atoms with Crippen LogP contribution in [0.1, 0.15) is 88.0 Å². The minimum atomic E-state index is -0.0605. The van der Waals surface area contributed by atoms with Gasteiger partial charge in [-0.25, -0.2) is 0 Å². The number of amides is 1. The van der Waals surface area contributed by atoms with E-state index in [0.717, 1.165) is 17.6 Å². The fraction of sp³-hybridized carbons (Fsp3) is 0.375. The predicted molar refractivity (Wildman–Crippen MR) is 187 cm³/mol. The Hall–Kier alpha value is -3.65. The number of carbonyl (C=O) groups is 1. The van der Waals surface area contributed by atoms with Crippen LogP contribution in [0, 0.1) is 5.41 Å². The molecule has 0 heterocycles. The van der Waals surface area contributed by atoms with E-state index in [2.05, 4.69) is 133 Å². The van der Waals surface area contributed by atoms with Crippen LogP contribution < -0.4 is 5.32 Å². The highest BCUT2D eigenvalue weighted by atomic mass is 16.1. The summed E-state index contributed by atoms with van der Waals surface area (Å²) >= 11 is 0. The largest absolute Gasteiger partial charge is 0.355 e. The molecule has 0 aromatic heterocycles. The highest BCUT2D eigenvalue weighted by molar-refractivity contribution is 5.92. The van der Waals surface area contributed by atoms with Crippen LogP contribution in [-0.2, 0) is 4.79 Å². The third-order valence-corrected chi connectivity index (χ3v) is 7.42. The summed E-state index contributed by atoms with van der Waals surface area (Å²) in [5.41, 5.74) is 10.00. The lowest BCUT2D eigenvalue weighted by Crippen LogP contribution is -2.19. The lowest BCUT2D eigenvalue weighted by atomic mass is 9.72. The monoisotopic (exact) mass is 565 g/mol. The van der Waals surface area contributed by atoms with Crippen LogP contribution in [0.25, 0.3) is 0 Å². The summed E-state index contributed by atoms with van der Waals surface area (Å²) in [5, 5.41) is 2.63. The van der Waals surface area contributed by atoms with Crippen molar-refractivity contribution in [3.63, 3.8) is 0 Å². The lowest BCUT2D eigenvalue weighted by Gasteiger charge is -2.33. The standard InChI is InChI=1S/C40H55NO/c1-11-37(28-29-38-35(6)22-16-30-40(38,8)9)23-15-21-32(3)18-13-12-17-31(2)19-14-20-33(4)24-25-34(5)26-27-36(7)39(42)41-10/h12-15,17-21,23-29H,11,16,22,30H2,1-10H3,(H,41,42)/b13-12+,19-14+,21-15+,25-24+,29-28+,31-17+,32-18+,33-20+,34-26+,36-27+,37-23+. The van der Waals surface area contributed by atoms with Gasteiger partial charge in [0.15, 0.2) is 0 Å². The first-order valence-corrected chi connectivity index (χ1v) is 15.3. The molecule has 0 aromatic rings. The van der Waals surface area contributed by atoms with Gasteiger partial charge in [0.25, 0.3) is 0 Å². The molecular weight excluding hydrogens is 510 g/mol. The van der Waals surface area contributed by atoms with E-state index in [1.165, 1.54) is 41.6 Å². The fourth-order valence-electron chi connectivity index (χ4n) is 4.60. The number of hydrogen-bond acceptors (Lipinski definition) is 1. The van der Waals surface area contributed by atoms with E-state index in [9.17, 15) is 4.79 Å². The van der Waals surface area contributed by atoms with Crippen molar-refractivity contribution < 1.29 is 4.79 Å². The molecule has 1 aliphatic rings. The second kappa shape index (κ2) is 19.5. The number of hydrogen-bond donors (Lipinski definition) is 1.